The van der Waals surface area contributed by atoms with E-state index in [-0.39, 0.29) is 12.4 Å². The minimum atomic E-state index is -1.29. The van der Waals surface area contributed by atoms with Crippen molar-refractivity contribution in [1.29, 1.82) is 0 Å². The highest BCUT2D eigenvalue weighted by Crippen LogP contribution is 2.22. The second kappa shape index (κ2) is 4.79. The van der Waals surface area contributed by atoms with Crippen molar-refractivity contribution in [3.8, 4) is 5.75 Å². The van der Waals surface area contributed by atoms with Crippen molar-refractivity contribution in [2.45, 2.75) is 20.0 Å². The van der Waals surface area contributed by atoms with Gasteiger partial charge in [-0.2, -0.15) is 0 Å². The minimum absolute atomic E-state index is 0.134. The largest absolute Gasteiger partial charge is 0.508 e. The molecule has 1 aromatic rings. The molecule has 0 amide bonds. The van der Waals surface area contributed by atoms with Gasteiger partial charge in [0.25, 0.3) is 0 Å². The van der Waals surface area contributed by atoms with Crippen LogP contribution in [0, 0.1) is 6.92 Å². The molecule has 0 saturated carbocycles. The summed E-state index contributed by atoms with van der Waals surface area (Å²) in [4.78, 5) is 11.2. The van der Waals surface area contributed by atoms with Crippen LogP contribution in [0.2, 0.25) is 0 Å². The van der Waals surface area contributed by atoms with Gasteiger partial charge in [0.2, 0.25) is 0 Å². The average molecular weight is 210 g/mol. The molecule has 0 aromatic heterocycles. The maximum absolute atomic E-state index is 11.2. The topological polar surface area (TPSA) is 66.8 Å². The number of phenols is 1. The highest BCUT2D eigenvalue weighted by molar-refractivity contribution is 5.76. The van der Waals surface area contributed by atoms with Crippen molar-refractivity contribution in [2.75, 3.05) is 6.61 Å². The Kier molecular flexibility index (Phi) is 3.68. The quantitative estimate of drug-likeness (QED) is 0.738. The van der Waals surface area contributed by atoms with Crippen molar-refractivity contribution in [2.24, 2.45) is 0 Å². The molecule has 0 fully saturated rings. The molecule has 0 saturated heterocycles. The number of aryl methyl sites for hydroxylation is 1. The minimum Gasteiger partial charge on any atom is -0.508 e. The van der Waals surface area contributed by atoms with Crippen LogP contribution in [0.15, 0.2) is 18.2 Å². The molecule has 0 aliphatic rings. The second-order valence-electron chi connectivity index (χ2n) is 3.20. The van der Waals surface area contributed by atoms with Gasteiger partial charge in [-0.05, 0) is 37.1 Å². The summed E-state index contributed by atoms with van der Waals surface area (Å²) < 4.78 is 4.68. The molecular weight excluding hydrogens is 196 g/mol. The lowest BCUT2D eigenvalue weighted by Gasteiger charge is -2.10. The predicted octanol–water partition coefficient (Wildman–Crippen LogP) is 1.30. The van der Waals surface area contributed by atoms with E-state index >= 15 is 0 Å². The number of benzene rings is 1. The molecule has 0 heterocycles. The number of hydrogen-bond donors (Lipinski definition) is 2. The third-order valence-electron chi connectivity index (χ3n) is 2.05. The van der Waals surface area contributed by atoms with Gasteiger partial charge in [-0.15, -0.1) is 0 Å². The highest BCUT2D eigenvalue weighted by atomic mass is 16.5. The van der Waals surface area contributed by atoms with Gasteiger partial charge in [-0.25, -0.2) is 4.79 Å². The van der Waals surface area contributed by atoms with Crippen LogP contribution in [0.4, 0.5) is 0 Å². The molecule has 0 aliphatic heterocycles. The number of aliphatic hydroxyl groups excluding tert-OH is 1. The predicted molar refractivity (Wildman–Crippen MR) is 54.4 cm³/mol. The summed E-state index contributed by atoms with van der Waals surface area (Å²) in [5, 5.41) is 18.8. The van der Waals surface area contributed by atoms with Crippen molar-refractivity contribution < 1.29 is 19.7 Å². The first kappa shape index (κ1) is 11.5. The molecule has 4 heteroatoms. The zero-order valence-electron chi connectivity index (χ0n) is 8.73. The number of ether oxygens (including phenoxy) is 1. The third-order valence-corrected chi connectivity index (χ3v) is 2.05. The van der Waals surface area contributed by atoms with E-state index in [0.29, 0.717) is 11.1 Å². The Morgan fingerprint density at radius 1 is 1.53 bits per heavy atom. The number of hydrogen-bond acceptors (Lipinski definition) is 4. The van der Waals surface area contributed by atoms with Crippen molar-refractivity contribution >= 4 is 5.97 Å². The number of phenolic OH excluding ortho intramolecular Hbond substituents is 1. The first-order valence-corrected chi connectivity index (χ1v) is 4.70. The van der Waals surface area contributed by atoms with Crippen LogP contribution < -0.4 is 0 Å². The van der Waals surface area contributed by atoms with E-state index in [1.54, 1.807) is 19.9 Å². The normalized spacial score (nSPS) is 12.2. The van der Waals surface area contributed by atoms with E-state index in [1.165, 1.54) is 12.1 Å². The summed E-state index contributed by atoms with van der Waals surface area (Å²) in [6, 6.07) is 4.48. The molecular formula is C11H14O4. The molecule has 82 valence electrons. The maximum Gasteiger partial charge on any atom is 0.339 e. The van der Waals surface area contributed by atoms with Gasteiger partial charge < -0.3 is 14.9 Å². The van der Waals surface area contributed by atoms with E-state index in [4.69, 9.17) is 0 Å². The zero-order valence-corrected chi connectivity index (χ0v) is 8.73. The molecule has 2 N–H and O–H groups in total. The molecule has 1 atom stereocenters. The van der Waals surface area contributed by atoms with Gasteiger partial charge in [-0.1, -0.05) is 6.07 Å². The fraction of sp³-hybridized carbons (Fsp3) is 0.364. The van der Waals surface area contributed by atoms with E-state index in [0.717, 1.165) is 0 Å². The van der Waals surface area contributed by atoms with Crippen molar-refractivity contribution in [1.82, 2.24) is 0 Å². The average Bonchev–Trinajstić information content (AvgIpc) is 2.21. The lowest BCUT2D eigenvalue weighted by atomic mass is 10.1. The Balaban J connectivity index is 2.86. The van der Waals surface area contributed by atoms with Crippen LogP contribution in [0.3, 0.4) is 0 Å². The molecule has 4 nitrogen and oxygen atoms in total. The first-order chi connectivity index (χ1) is 7.06. The van der Waals surface area contributed by atoms with E-state index in [9.17, 15) is 15.0 Å². The fourth-order valence-corrected chi connectivity index (χ4v) is 1.21. The molecule has 0 spiro atoms. The standard InChI is InChI=1S/C11H14O4/c1-3-15-11(14)10(13)8-4-5-9(12)7(2)6-8/h4-6,10,12-13H,3H2,1-2H3. The van der Waals surface area contributed by atoms with Crippen molar-refractivity contribution in [3.05, 3.63) is 29.3 Å². The van der Waals surface area contributed by atoms with Gasteiger partial charge in [0, 0.05) is 0 Å². The summed E-state index contributed by atoms with van der Waals surface area (Å²) in [6.45, 7) is 3.59. The van der Waals surface area contributed by atoms with Crippen LogP contribution >= 0.6 is 0 Å². The summed E-state index contributed by atoms with van der Waals surface area (Å²) in [5.41, 5.74) is 1.03. The maximum atomic E-state index is 11.2. The Morgan fingerprint density at radius 2 is 2.20 bits per heavy atom. The molecule has 0 bridgehead atoms. The Hall–Kier alpha value is -1.55. The number of esters is 1. The Labute approximate surface area is 88.1 Å². The lowest BCUT2D eigenvalue weighted by molar-refractivity contribution is -0.153. The number of aromatic hydroxyl groups is 1. The summed E-state index contributed by atoms with van der Waals surface area (Å²) >= 11 is 0. The molecule has 0 radical (unpaired) electrons. The first-order valence-electron chi connectivity index (χ1n) is 4.70. The van der Waals surface area contributed by atoms with Crippen LogP contribution in [0.25, 0.3) is 0 Å². The molecule has 0 aliphatic carbocycles. The number of carbonyl (C=O) groups excluding carboxylic acids is 1. The van der Waals surface area contributed by atoms with E-state index in [1.807, 2.05) is 0 Å². The number of carbonyl (C=O) groups is 1. The van der Waals surface area contributed by atoms with E-state index < -0.39 is 12.1 Å². The van der Waals surface area contributed by atoms with Crippen LogP contribution in [0.1, 0.15) is 24.2 Å². The summed E-state index contributed by atoms with van der Waals surface area (Å²) in [6.07, 6.45) is -1.29. The Morgan fingerprint density at radius 3 is 2.73 bits per heavy atom. The van der Waals surface area contributed by atoms with Crippen LogP contribution in [0.5, 0.6) is 5.75 Å². The fourth-order valence-electron chi connectivity index (χ4n) is 1.21. The summed E-state index contributed by atoms with van der Waals surface area (Å²) in [7, 11) is 0. The van der Waals surface area contributed by atoms with E-state index in [2.05, 4.69) is 4.74 Å². The third kappa shape index (κ3) is 2.70. The second-order valence-corrected chi connectivity index (χ2v) is 3.20. The molecule has 1 rings (SSSR count). The van der Waals surface area contributed by atoms with Gasteiger partial charge >= 0.3 is 5.97 Å². The molecule has 1 aromatic carbocycles. The van der Waals surface area contributed by atoms with Crippen LogP contribution in [-0.2, 0) is 9.53 Å². The van der Waals surface area contributed by atoms with Gasteiger partial charge in [0.1, 0.15) is 5.75 Å². The highest BCUT2D eigenvalue weighted by Gasteiger charge is 2.18. The summed E-state index contributed by atoms with van der Waals surface area (Å²) in [5.74, 6) is -0.544. The monoisotopic (exact) mass is 210 g/mol. The van der Waals surface area contributed by atoms with Gasteiger partial charge in [0.15, 0.2) is 6.10 Å². The lowest BCUT2D eigenvalue weighted by Crippen LogP contribution is -2.15. The smallest absolute Gasteiger partial charge is 0.339 e. The number of aliphatic hydroxyl groups is 1. The SMILES string of the molecule is CCOC(=O)C(O)c1ccc(O)c(C)c1. The van der Waals surface area contributed by atoms with Gasteiger partial charge in [-0.3, -0.25) is 0 Å². The molecule has 1 unspecified atom stereocenters. The van der Waals surface area contributed by atoms with Crippen molar-refractivity contribution in [3.63, 3.8) is 0 Å². The zero-order chi connectivity index (χ0) is 11.4. The molecule has 15 heavy (non-hydrogen) atoms. The van der Waals surface area contributed by atoms with Gasteiger partial charge in [0.05, 0.1) is 6.61 Å². The Bertz CT molecular complexity index is 360. The van der Waals surface area contributed by atoms with Crippen LogP contribution in [-0.4, -0.2) is 22.8 Å². The number of rotatable bonds is 3.